The third kappa shape index (κ3) is 1.92. The van der Waals surface area contributed by atoms with Crippen molar-refractivity contribution in [3.63, 3.8) is 0 Å². The average Bonchev–Trinajstić information content (AvgIpc) is 2.67. The van der Waals surface area contributed by atoms with Crippen LogP contribution in [-0.2, 0) is 0 Å². The Hall–Kier alpha value is -0.800. The zero-order valence-electron chi connectivity index (χ0n) is 6.93. The SMILES string of the molecule is [CH2]Sc1nc(-c2ccccc2)cs1. The Labute approximate surface area is 85.8 Å². The summed E-state index contributed by atoms with van der Waals surface area (Å²) in [4.78, 5) is 4.42. The van der Waals surface area contributed by atoms with Crippen LogP contribution in [0.25, 0.3) is 11.3 Å². The molecular weight excluding hydrogens is 198 g/mol. The van der Waals surface area contributed by atoms with Gasteiger partial charge in [-0.1, -0.05) is 42.1 Å². The number of thioether (sulfide) groups is 1. The summed E-state index contributed by atoms with van der Waals surface area (Å²) in [7, 11) is 0. The van der Waals surface area contributed by atoms with E-state index in [2.05, 4.69) is 28.8 Å². The molecule has 0 N–H and O–H groups in total. The molecule has 65 valence electrons. The van der Waals surface area contributed by atoms with Crippen LogP contribution in [0.3, 0.4) is 0 Å². The number of aromatic nitrogens is 1. The summed E-state index contributed by atoms with van der Waals surface area (Å²) in [6.07, 6.45) is 3.73. The lowest BCUT2D eigenvalue weighted by atomic mass is 10.2. The number of benzene rings is 1. The molecule has 0 aliphatic rings. The summed E-state index contributed by atoms with van der Waals surface area (Å²) in [6.45, 7) is 0. The van der Waals surface area contributed by atoms with E-state index in [1.54, 1.807) is 11.3 Å². The van der Waals surface area contributed by atoms with E-state index in [4.69, 9.17) is 0 Å². The van der Waals surface area contributed by atoms with Gasteiger partial charge >= 0.3 is 0 Å². The maximum atomic E-state index is 4.42. The van der Waals surface area contributed by atoms with E-state index in [9.17, 15) is 0 Å². The first-order valence-corrected chi connectivity index (χ1v) is 5.69. The third-order valence-corrected chi connectivity index (χ3v) is 3.29. The molecule has 0 amide bonds. The average molecular weight is 206 g/mol. The second kappa shape index (κ2) is 3.94. The molecule has 0 saturated heterocycles. The number of hydrogen-bond acceptors (Lipinski definition) is 3. The van der Waals surface area contributed by atoms with E-state index >= 15 is 0 Å². The first-order chi connectivity index (χ1) is 6.40. The van der Waals surface area contributed by atoms with Crippen LogP contribution in [0.1, 0.15) is 0 Å². The minimum Gasteiger partial charge on any atom is -0.230 e. The molecule has 0 aliphatic heterocycles. The van der Waals surface area contributed by atoms with E-state index < -0.39 is 0 Å². The highest BCUT2D eigenvalue weighted by molar-refractivity contribution is 8.02. The molecule has 1 nitrogen and oxygen atoms in total. The van der Waals surface area contributed by atoms with Gasteiger partial charge in [0.05, 0.1) is 5.69 Å². The molecule has 0 unspecified atom stereocenters. The lowest BCUT2D eigenvalue weighted by molar-refractivity contribution is 1.26. The Morgan fingerprint density at radius 2 is 2.00 bits per heavy atom. The zero-order valence-corrected chi connectivity index (χ0v) is 8.57. The highest BCUT2D eigenvalue weighted by Crippen LogP contribution is 2.26. The van der Waals surface area contributed by atoms with Crippen molar-refractivity contribution in [1.29, 1.82) is 0 Å². The fraction of sp³-hybridized carbons (Fsp3) is 0. The van der Waals surface area contributed by atoms with Gasteiger partial charge in [0.1, 0.15) is 0 Å². The number of hydrogen-bond donors (Lipinski definition) is 0. The highest BCUT2D eigenvalue weighted by atomic mass is 32.2. The predicted molar refractivity (Wildman–Crippen MR) is 58.8 cm³/mol. The molecule has 0 aliphatic carbocycles. The summed E-state index contributed by atoms with van der Waals surface area (Å²) in [5.41, 5.74) is 2.20. The van der Waals surface area contributed by atoms with Crippen LogP contribution in [0, 0.1) is 6.26 Å². The van der Waals surface area contributed by atoms with Crippen LogP contribution < -0.4 is 0 Å². The standard InChI is InChI=1S/C10H8NS2/c1-12-10-11-9(7-13-10)8-5-3-2-4-6-8/h2-7H,1H2. The van der Waals surface area contributed by atoms with Crippen molar-refractivity contribution in [2.24, 2.45) is 0 Å². The summed E-state index contributed by atoms with van der Waals surface area (Å²) in [5.74, 6) is 0. The van der Waals surface area contributed by atoms with Gasteiger partial charge in [0, 0.05) is 17.2 Å². The summed E-state index contributed by atoms with van der Waals surface area (Å²) >= 11 is 3.08. The molecule has 1 heterocycles. The van der Waals surface area contributed by atoms with Crippen molar-refractivity contribution in [1.82, 2.24) is 4.98 Å². The summed E-state index contributed by atoms with van der Waals surface area (Å²) in [5, 5.41) is 2.06. The monoisotopic (exact) mass is 206 g/mol. The first-order valence-electron chi connectivity index (χ1n) is 3.83. The minimum absolute atomic E-state index is 1.01. The van der Waals surface area contributed by atoms with Gasteiger partial charge in [-0.15, -0.1) is 11.3 Å². The van der Waals surface area contributed by atoms with Crippen molar-refractivity contribution in [2.75, 3.05) is 0 Å². The van der Waals surface area contributed by atoms with E-state index in [0.717, 1.165) is 10.0 Å². The fourth-order valence-corrected chi connectivity index (χ4v) is 2.20. The zero-order chi connectivity index (χ0) is 9.10. The number of rotatable bonds is 2. The number of nitrogens with zero attached hydrogens (tertiary/aromatic N) is 1. The van der Waals surface area contributed by atoms with Gasteiger partial charge in [-0.3, -0.25) is 0 Å². The molecule has 2 rings (SSSR count). The van der Waals surface area contributed by atoms with E-state index in [0.29, 0.717) is 0 Å². The molecule has 0 atom stereocenters. The van der Waals surface area contributed by atoms with Crippen LogP contribution in [-0.4, -0.2) is 4.98 Å². The second-order valence-corrected chi connectivity index (χ2v) is 4.30. The molecule has 0 spiro atoms. The fourth-order valence-electron chi connectivity index (χ4n) is 1.07. The smallest absolute Gasteiger partial charge is 0.150 e. The van der Waals surface area contributed by atoms with E-state index in [1.807, 2.05) is 18.2 Å². The van der Waals surface area contributed by atoms with Crippen molar-refractivity contribution < 1.29 is 0 Å². The summed E-state index contributed by atoms with van der Waals surface area (Å²) in [6, 6.07) is 10.2. The van der Waals surface area contributed by atoms with Crippen LogP contribution in [0.5, 0.6) is 0 Å². The van der Waals surface area contributed by atoms with Gasteiger partial charge in [-0.25, -0.2) is 4.98 Å². The Balaban J connectivity index is 2.36. The second-order valence-electron chi connectivity index (χ2n) is 2.51. The summed E-state index contributed by atoms with van der Waals surface area (Å²) < 4.78 is 1.01. The topological polar surface area (TPSA) is 12.9 Å². The first kappa shape index (κ1) is 8.78. The molecule has 13 heavy (non-hydrogen) atoms. The molecule has 0 bridgehead atoms. The van der Waals surface area contributed by atoms with Crippen LogP contribution in [0.2, 0.25) is 0 Å². The molecule has 0 saturated carbocycles. The molecule has 1 aromatic carbocycles. The third-order valence-electron chi connectivity index (χ3n) is 1.68. The maximum absolute atomic E-state index is 4.42. The Morgan fingerprint density at radius 1 is 1.23 bits per heavy atom. The van der Waals surface area contributed by atoms with Crippen LogP contribution in [0.15, 0.2) is 40.1 Å². The van der Waals surface area contributed by atoms with Crippen LogP contribution >= 0.6 is 23.1 Å². The van der Waals surface area contributed by atoms with Gasteiger partial charge in [0.25, 0.3) is 0 Å². The lowest BCUT2D eigenvalue weighted by Crippen LogP contribution is -1.75. The minimum atomic E-state index is 1.01. The van der Waals surface area contributed by atoms with Gasteiger partial charge in [0.15, 0.2) is 4.34 Å². The van der Waals surface area contributed by atoms with Crippen molar-refractivity contribution >= 4 is 23.1 Å². The molecule has 3 heteroatoms. The largest absolute Gasteiger partial charge is 0.230 e. The molecule has 2 aromatic rings. The van der Waals surface area contributed by atoms with E-state index in [1.165, 1.54) is 17.3 Å². The lowest BCUT2D eigenvalue weighted by Gasteiger charge is -1.93. The van der Waals surface area contributed by atoms with Gasteiger partial charge in [-0.05, 0) is 0 Å². The Bertz CT molecular complexity index is 381. The van der Waals surface area contributed by atoms with Gasteiger partial charge in [0.2, 0.25) is 0 Å². The Kier molecular flexibility index (Phi) is 2.66. The molecule has 0 fully saturated rings. The van der Waals surface area contributed by atoms with Gasteiger partial charge in [-0.2, -0.15) is 0 Å². The van der Waals surface area contributed by atoms with E-state index in [-0.39, 0.29) is 0 Å². The van der Waals surface area contributed by atoms with Crippen molar-refractivity contribution in [3.05, 3.63) is 42.0 Å². The number of thiazole rings is 1. The van der Waals surface area contributed by atoms with Gasteiger partial charge < -0.3 is 0 Å². The molecule has 1 aromatic heterocycles. The highest BCUT2D eigenvalue weighted by Gasteiger charge is 2.01. The molecular formula is C10H8NS2. The Morgan fingerprint density at radius 3 is 2.62 bits per heavy atom. The molecule has 1 radical (unpaired) electrons. The quantitative estimate of drug-likeness (QED) is 0.695. The van der Waals surface area contributed by atoms with Crippen molar-refractivity contribution in [2.45, 2.75) is 4.34 Å². The predicted octanol–water partition coefficient (Wildman–Crippen LogP) is 3.69. The van der Waals surface area contributed by atoms with Crippen molar-refractivity contribution in [3.8, 4) is 11.3 Å². The maximum Gasteiger partial charge on any atom is 0.150 e. The van der Waals surface area contributed by atoms with Crippen LogP contribution in [0.4, 0.5) is 0 Å². The normalized spacial score (nSPS) is 10.2.